The molecule has 3 aromatic rings. The number of anilines is 2. The first kappa shape index (κ1) is 21.0. The predicted molar refractivity (Wildman–Crippen MR) is 119 cm³/mol. The molecule has 0 radical (unpaired) electrons. The second-order valence-electron chi connectivity index (χ2n) is 8.89. The fraction of sp³-hybridized carbons (Fsp3) is 0.435. The first-order valence-corrected chi connectivity index (χ1v) is 11.4. The molecule has 1 spiro atoms. The van der Waals surface area contributed by atoms with Crippen LogP contribution in [0.3, 0.4) is 0 Å². The van der Waals surface area contributed by atoms with Gasteiger partial charge in [-0.3, -0.25) is 0 Å². The highest BCUT2D eigenvalue weighted by atomic mass is 32.1. The van der Waals surface area contributed by atoms with Crippen molar-refractivity contribution in [1.29, 1.82) is 5.26 Å². The highest BCUT2D eigenvalue weighted by molar-refractivity contribution is 7.18. The van der Waals surface area contributed by atoms with Crippen LogP contribution in [-0.4, -0.2) is 35.3 Å². The number of hydrogen-bond donors (Lipinski definition) is 1. The first-order chi connectivity index (χ1) is 15.3. The fourth-order valence-corrected chi connectivity index (χ4v) is 6.03. The van der Waals surface area contributed by atoms with E-state index in [1.165, 1.54) is 6.33 Å². The van der Waals surface area contributed by atoms with Gasteiger partial charge in [-0.1, -0.05) is 12.1 Å². The van der Waals surface area contributed by atoms with E-state index in [1.807, 2.05) is 24.3 Å². The van der Waals surface area contributed by atoms with Crippen molar-refractivity contribution >= 4 is 33.1 Å². The summed E-state index contributed by atoms with van der Waals surface area (Å²) in [7, 11) is 0. The zero-order valence-electron chi connectivity index (χ0n) is 17.3. The van der Waals surface area contributed by atoms with E-state index >= 15 is 0 Å². The van der Waals surface area contributed by atoms with E-state index in [4.69, 9.17) is 5.26 Å². The molecule has 1 atom stereocenters. The number of aromatic nitrogens is 2. The molecule has 9 heteroatoms. The van der Waals surface area contributed by atoms with Gasteiger partial charge in [0.05, 0.1) is 24.3 Å². The molecule has 2 fully saturated rings. The van der Waals surface area contributed by atoms with E-state index in [0.717, 1.165) is 66.1 Å². The molecule has 5 nitrogen and oxygen atoms in total. The number of fused-ring (bicyclic) bond motifs is 1. The van der Waals surface area contributed by atoms with Crippen molar-refractivity contribution in [2.45, 2.75) is 44.3 Å². The van der Waals surface area contributed by atoms with Crippen LogP contribution in [-0.2, 0) is 12.8 Å². The summed E-state index contributed by atoms with van der Waals surface area (Å²) in [6, 6.07) is 12.2. The Bertz CT molecular complexity index is 1160. The molecule has 0 amide bonds. The van der Waals surface area contributed by atoms with E-state index in [9.17, 15) is 13.2 Å². The lowest BCUT2D eigenvalue weighted by atomic mass is 9.78. The molecule has 1 aliphatic carbocycles. The number of nitrogens with one attached hydrogen (secondary N) is 1. The van der Waals surface area contributed by atoms with Gasteiger partial charge in [0.25, 0.3) is 0 Å². The molecule has 1 N–H and O–H groups in total. The quantitative estimate of drug-likeness (QED) is 0.561. The molecule has 2 aromatic heterocycles. The minimum Gasteiger partial charge on any atom is -0.382 e. The predicted octanol–water partition coefficient (Wildman–Crippen LogP) is 5.33. The summed E-state index contributed by atoms with van der Waals surface area (Å²) in [5.74, 6) is 0.745. The van der Waals surface area contributed by atoms with Crippen molar-refractivity contribution in [2.24, 2.45) is 5.41 Å². The minimum atomic E-state index is -4.23. The van der Waals surface area contributed by atoms with Gasteiger partial charge in [0, 0.05) is 35.1 Å². The molecule has 1 unspecified atom stereocenters. The summed E-state index contributed by atoms with van der Waals surface area (Å²) in [5, 5.41) is 13.1. The summed E-state index contributed by atoms with van der Waals surface area (Å²) in [5.41, 5.74) is 2.30. The van der Waals surface area contributed by atoms with Gasteiger partial charge in [0.1, 0.15) is 17.0 Å². The number of hydrogen-bond acceptors (Lipinski definition) is 6. The molecular weight excluding hydrogens is 435 g/mol. The maximum Gasteiger partial charge on any atom is 0.393 e. The zero-order chi connectivity index (χ0) is 22.3. The Morgan fingerprint density at radius 2 is 2.00 bits per heavy atom. The molecular formula is C23H22F3N5S. The summed E-state index contributed by atoms with van der Waals surface area (Å²) < 4.78 is 38.4. The smallest absolute Gasteiger partial charge is 0.382 e. The standard InChI is InChI=1S/C23H22F3N5S/c24-23(25,26)11-18-9-19-20(28-14-29-21(19)32-18)31-12-22(13-31)7-5-17(10-22)30-16-3-1-15(2-4-16)6-8-27/h1-4,9,14,17,30H,5-7,10-13H2. The van der Waals surface area contributed by atoms with Crippen LogP contribution in [0, 0.1) is 16.7 Å². The highest BCUT2D eigenvalue weighted by Crippen LogP contribution is 2.48. The van der Waals surface area contributed by atoms with Crippen molar-refractivity contribution in [1.82, 2.24) is 9.97 Å². The van der Waals surface area contributed by atoms with Crippen LogP contribution in [0.25, 0.3) is 10.2 Å². The lowest BCUT2D eigenvalue weighted by molar-refractivity contribution is -0.126. The van der Waals surface area contributed by atoms with E-state index in [0.29, 0.717) is 17.3 Å². The molecule has 32 heavy (non-hydrogen) atoms. The van der Waals surface area contributed by atoms with Crippen molar-refractivity contribution in [3.8, 4) is 6.07 Å². The second kappa shape index (κ2) is 7.93. The summed E-state index contributed by atoms with van der Waals surface area (Å²) in [4.78, 5) is 11.6. The van der Waals surface area contributed by atoms with Gasteiger partial charge in [0.2, 0.25) is 0 Å². The van der Waals surface area contributed by atoms with E-state index < -0.39 is 12.6 Å². The largest absolute Gasteiger partial charge is 0.393 e. The molecule has 1 aliphatic heterocycles. The van der Waals surface area contributed by atoms with E-state index in [-0.39, 0.29) is 10.3 Å². The number of alkyl halides is 3. The van der Waals surface area contributed by atoms with Crippen molar-refractivity contribution in [2.75, 3.05) is 23.3 Å². The Morgan fingerprint density at radius 1 is 1.22 bits per heavy atom. The van der Waals surface area contributed by atoms with Crippen LogP contribution in [0.2, 0.25) is 0 Å². The van der Waals surface area contributed by atoms with Crippen LogP contribution in [0.4, 0.5) is 24.7 Å². The van der Waals surface area contributed by atoms with Gasteiger partial charge in [-0.2, -0.15) is 18.4 Å². The van der Waals surface area contributed by atoms with Crippen LogP contribution < -0.4 is 10.2 Å². The second-order valence-corrected chi connectivity index (χ2v) is 10.0. The summed E-state index contributed by atoms with van der Waals surface area (Å²) in [6.07, 6.45) is -0.0294. The number of halogens is 3. The van der Waals surface area contributed by atoms with Gasteiger partial charge < -0.3 is 10.2 Å². The average Bonchev–Trinajstić information content (AvgIpc) is 3.31. The Morgan fingerprint density at radius 3 is 2.72 bits per heavy atom. The molecule has 2 aliphatic rings. The average molecular weight is 458 g/mol. The highest BCUT2D eigenvalue weighted by Gasteiger charge is 2.48. The molecule has 166 valence electrons. The molecule has 1 aromatic carbocycles. The van der Waals surface area contributed by atoms with E-state index in [2.05, 4.69) is 26.3 Å². The van der Waals surface area contributed by atoms with Gasteiger partial charge in [-0.15, -0.1) is 11.3 Å². The van der Waals surface area contributed by atoms with Gasteiger partial charge in [0.15, 0.2) is 0 Å². The normalized spacial score (nSPS) is 19.8. The number of thiophene rings is 1. The fourth-order valence-electron chi connectivity index (χ4n) is 5.01. The minimum absolute atomic E-state index is 0.223. The number of rotatable bonds is 5. The molecule has 0 bridgehead atoms. The molecule has 1 saturated carbocycles. The molecule has 3 heterocycles. The lowest BCUT2D eigenvalue weighted by Gasteiger charge is -2.49. The maximum atomic E-state index is 12.8. The van der Waals surface area contributed by atoms with Crippen molar-refractivity contribution in [3.63, 3.8) is 0 Å². The number of benzene rings is 1. The Kier molecular flexibility index (Phi) is 5.20. The SMILES string of the molecule is N#CCc1ccc(NC2CCC3(C2)CN(c2ncnc4sc(CC(F)(F)F)cc24)C3)cc1. The van der Waals surface area contributed by atoms with E-state index in [1.54, 1.807) is 6.07 Å². The zero-order valence-corrected chi connectivity index (χ0v) is 18.1. The first-order valence-electron chi connectivity index (χ1n) is 10.6. The molecule has 5 rings (SSSR count). The Labute approximate surface area is 187 Å². The Balaban J connectivity index is 1.23. The summed E-state index contributed by atoms with van der Waals surface area (Å²) in [6.45, 7) is 1.73. The van der Waals surface area contributed by atoms with Gasteiger partial charge in [-0.05, 0) is 43.0 Å². The lowest BCUT2D eigenvalue weighted by Crippen LogP contribution is -2.56. The van der Waals surface area contributed by atoms with Crippen LogP contribution in [0.15, 0.2) is 36.7 Å². The van der Waals surface area contributed by atoms with Crippen LogP contribution >= 0.6 is 11.3 Å². The number of nitriles is 1. The maximum absolute atomic E-state index is 12.8. The van der Waals surface area contributed by atoms with Crippen LogP contribution in [0.1, 0.15) is 29.7 Å². The topological polar surface area (TPSA) is 64.8 Å². The third-order valence-electron chi connectivity index (χ3n) is 6.40. The van der Waals surface area contributed by atoms with Crippen molar-refractivity contribution in [3.05, 3.63) is 47.1 Å². The van der Waals surface area contributed by atoms with Crippen LogP contribution in [0.5, 0.6) is 0 Å². The van der Waals surface area contributed by atoms with Gasteiger partial charge in [-0.25, -0.2) is 9.97 Å². The molecule has 1 saturated heterocycles. The Hall–Kier alpha value is -2.86. The van der Waals surface area contributed by atoms with Gasteiger partial charge >= 0.3 is 6.18 Å². The monoisotopic (exact) mass is 457 g/mol. The third kappa shape index (κ3) is 4.24. The number of nitrogens with zero attached hydrogens (tertiary/aromatic N) is 4. The third-order valence-corrected chi connectivity index (χ3v) is 7.44. The van der Waals surface area contributed by atoms with Crippen molar-refractivity contribution < 1.29 is 13.2 Å². The summed E-state index contributed by atoms with van der Waals surface area (Å²) >= 11 is 1.09.